The van der Waals surface area contributed by atoms with Gasteiger partial charge < -0.3 is 55.1 Å². The molecule has 10 atom stereocenters. The molecule has 0 bridgehead atoms. The van der Waals surface area contributed by atoms with Crippen molar-refractivity contribution in [3.8, 4) is 0 Å². The number of hydrogen-bond acceptors (Lipinski definition) is 11. The number of aliphatic hydroxyl groups excluding tert-OH is 8. The highest BCUT2D eigenvalue weighted by Gasteiger charge is 2.50. The second kappa shape index (κ2) is 7.63. The molecular formula is C12H22O11. The Bertz CT molecular complexity index is 378. The summed E-state index contributed by atoms with van der Waals surface area (Å²) in [5, 5.41) is 76.5. The second-order valence-corrected chi connectivity index (χ2v) is 5.53. The van der Waals surface area contributed by atoms with Crippen molar-refractivity contribution in [1.82, 2.24) is 0 Å². The zero-order chi connectivity index (χ0) is 17.3. The van der Waals surface area contributed by atoms with E-state index in [1.54, 1.807) is 0 Å². The van der Waals surface area contributed by atoms with Crippen LogP contribution in [0.3, 0.4) is 0 Å². The molecule has 11 nitrogen and oxygen atoms in total. The van der Waals surface area contributed by atoms with E-state index in [2.05, 4.69) is 0 Å². The van der Waals surface area contributed by atoms with Gasteiger partial charge in [-0.15, -0.1) is 0 Å². The van der Waals surface area contributed by atoms with Gasteiger partial charge in [0.05, 0.1) is 13.2 Å². The van der Waals surface area contributed by atoms with E-state index in [4.69, 9.17) is 19.3 Å². The Morgan fingerprint density at radius 3 is 1.83 bits per heavy atom. The van der Waals surface area contributed by atoms with Gasteiger partial charge >= 0.3 is 0 Å². The van der Waals surface area contributed by atoms with Crippen molar-refractivity contribution < 1.29 is 55.1 Å². The predicted octanol–water partition coefficient (Wildman–Crippen LogP) is -5.40. The first kappa shape index (κ1) is 18.9. The lowest BCUT2D eigenvalue weighted by Gasteiger charge is -2.45. The molecule has 23 heavy (non-hydrogen) atoms. The SMILES string of the molecule is OC[C@H]1O[C@H](O[C@@H]2[C@@H](O)[C@@H](O)[C@@H](O)O[C@@H]2CO)[C@H](O)[C@H](O)[C@@H]1O. The molecular weight excluding hydrogens is 320 g/mol. The molecule has 2 saturated heterocycles. The molecule has 2 fully saturated rings. The Labute approximate surface area is 130 Å². The Hall–Kier alpha value is -0.440. The lowest BCUT2D eigenvalue weighted by molar-refractivity contribution is -0.355. The third kappa shape index (κ3) is 3.65. The van der Waals surface area contributed by atoms with E-state index >= 15 is 0 Å². The molecule has 0 radical (unpaired) electrons. The average molecular weight is 342 g/mol. The summed E-state index contributed by atoms with van der Waals surface area (Å²) < 4.78 is 15.3. The minimum absolute atomic E-state index is 0.667. The standard InChI is InChI=1S/C12H22O11/c13-1-3-5(15)6(16)9(19)12(22-3)23-10-4(2-14)21-11(20)8(18)7(10)17/h3-20H,1-2H2/t3-,4-,5-,6-,7+,8-,9-,10+,11+,12-/m1/s1. The van der Waals surface area contributed by atoms with Gasteiger partial charge in [0.2, 0.25) is 0 Å². The highest BCUT2D eigenvalue weighted by Crippen LogP contribution is 2.28. The highest BCUT2D eigenvalue weighted by atomic mass is 16.7. The Morgan fingerprint density at radius 1 is 0.652 bits per heavy atom. The topological polar surface area (TPSA) is 190 Å². The molecule has 2 aliphatic rings. The third-order valence-electron chi connectivity index (χ3n) is 3.98. The molecule has 0 aromatic carbocycles. The lowest BCUT2D eigenvalue weighted by Crippen LogP contribution is -2.64. The molecule has 0 aromatic heterocycles. The van der Waals surface area contributed by atoms with Crippen molar-refractivity contribution in [3.63, 3.8) is 0 Å². The van der Waals surface area contributed by atoms with Crippen LogP contribution in [0.1, 0.15) is 0 Å². The van der Waals surface area contributed by atoms with Crippen LogP contribution in [0.25, 0.3) is 0 Å². The zero-order valence-electron chi connectivity index (χ0n) is 12.0. The van der Waals surface area contributed by atoms with Gasteiger partial charge in [0.15, 0.2) is 12.6 Å². The largest absolute Gasteiger partial charge is 0.394 e. The van der Waals surface area contributed by atoms with E-state index in [-0.39, 0.29) is 0 Å². The molecule has 0 unspecified atom stereocenters. The number of ether oxygens (including phenoxy) is 3. The van der Waals surface area contributed by atoms with Gasteiger partial charge in [-0.3, -0.25) is 0 Å². The molecule has 0 spiro atoms. The molecule has 2 heterocycles. The first-order chi connectivity index (χ1) is 10.8. The summed E-state index contributed by atoms with van der Waals surface area (Å²) in [7, 11) is 0. The fourth-order valence-electron chi connectivity index (χ4n) is 2.57. The summed E-state index contributed by atoms with van der Waals surface area (Å²) in [4.78, 5) is 0. The molecule has 0 aromatic rings. The molecule has 2 aliphatic heterocycles. The summed E-state index contributed by atoms with van der Waals surface area (Å²) in [6, 6.07) is 0. The van der Waals surface area contributed by atoms with Crippen molar-refractivity contribution >= 4 is 0 Å². The van der Waals surface area contributed by atoms with Crippen molar-refractivity contribution in [2.75, 3.05) is 13.2 Å². The van der Waals surface area contributed by atoms with Crippen LogP contribution < -0.4 is 0 Å². The summed E-state index contributed by atoms with van der Waals surface area (Å²) in [5.41, 5.74) is 0. The van der Waals surface area contributed by atoms with Crippen molar-refractivity contribution in [2.45, 2.75) is 61.4 Å². The smallest absolute Gasteiger partial charge is 0.187 e. The number of hydrogen-bond donors (Lipinski definition) is 8. The summed E-state index contributed by atoms with van der Waals surface area (Å²) >= 11 is 0. The highest BCUT2D eigenvalue weighted by molar-refractivity contribution is 4.93. The van der Waals surface area contributed by atoms with Crippen molar-refractivity contribution in [3.05, 3.63) is 0 Å². The van der Waals surface area contributed by atoms with Gasteiger partial charge in [0.1, 0.15) is 48.8 Å². The van der Waals surface area contributed by atoms with E-state index < -0.39 is 74.6 Å². The molecule has 0 saturated carbocycles. The van der Waals surface area contributed by atoms with Crippen LogP contribution in [0, 0.1) is 0 Å². The van der Waals surface area contributed by atoms with E-state index in [1.807, 2.05) is 0 Å². The maximum Gasteiger partial charge on any atom is 0.187 e. The quantitative estimate of drug-likeness (QED) is 0.243. The molecule has 2 rings (SSSR count). The third-order valence-corrected chi connectivity index (χ3v) is 3.98. The van der Waals surface area contributed by atoms with Gasteiger partial charge in [0.25, 0.3) is 0 Å². The fraction of sp³-hybridized carbons (Fsp3) is 1.00. The van der Waals surface area contributed by atoms with Crippen LogP contribution in [0.15, 0.2) is 0 Å². The van der Waals surface area contributed by atoms with E-state index in [0.29, 0.717) is 0 Å². The molecule has 11 heteroatoms. The summed E-state index contributed by atoms with van der Waals surface area (Å²) in [6.45, 7) is -1.35. The fourth-order valence-corrected chi connectivity index (χ4v) is 2.57. The van der Waals surface area contributed by atoms with Crippen LogP contribution in [0.5, 0.6) is 0 Å². The molecule has 8 N–H and O–H groups in total. The molecule has 0 aliphatic carbocycles. The van der Waals surface area contributed by atoms with Gasteiger partial charge in [-0.05, 0) is 0 Å². The summed E-state index contributed by atoms with van der Waals surface area (Å²) in [6.07, 6.45) is -15.6. The van der Waals surface area contributed by atoms with Crippen LogP contribution in [-0.4, -0.2) is 115 Å². The van der Waals surface area contributed by atoms with Crippen LogP contribution in [0.4, 0.5) is 0 Å². The average Bonchev–Trinajstić information content (AvgIpc) is 2.55. The number of aliphatic hydroxyl groups is 8. The molecule has 0 amide bonds. The monoisotopic (exact) mass is 342 g/mol. The molecule has 136 valence electrons. The Morgan fingerprint density at radius 2 is 1.26 bits per heavy atom. The Balaban J connectivity index is 2.11. The second-order valence-electron chi connectivity index (χ2n) is 5.53. The predicted molar refractivity (Wildman–Crippen MR) is 68.6 cm³/mol. The minimum atomic E-state index is -1.74. The first-order valence-corrected chi connectivity index (χ1v) is 7.08. The normalized spacial score (nSPS) is 51.7. The maximum absolute atomic E-state index is 9.94. The van der Waals surface area contributed by atoms with Gasteiger partial charge in [-0.2, -0.15) is 0 Å². The van der Waals surface area contributed by atoms with Crippen LogP contribution in [0.2, 0.25) is 0 Å². The van der Waals surface area contributed by atoms with Crippen LogP contribution >= 0.6 is 0 Å². The zero-order valence-corrected chi connectivity index (χ0v) is 12.0. The van der Waals surface area contributed by atoms with Crippen molar-refractivity contribution in [1.29, 1.82) is 0 Å². The van der Waals surface area contributed by atoms with Gasteiger partial charge in [-0.25, -0.2) is 0 Å². The Kier molecular flexibility index (Phi) is 6.27. The van der Waals surface area contributed by atoms with Gasteiger partial charge in [0, 0.05) is 0 Å². The van der Waals surface area contributed by atoms with Crippen LogP contribution in [-0.2, 0) is 14.2 Å². The van der Waals surface area contributed by atoms with E-state index in [1.165, 1.54) is 0 Å². The van der Waals surface area contributed by atoms with E-state index in [0.717, 1.165) is 0 Å². The van der Waals surface area contributed by atoms with E-state index in [9.17, 15) is 35.7 Å². The maximum atomic E-state index is 9.94. The van der Waals surface area contributed by atoms with Crippen molar-refractivity contribution in [2.24, 2.45) is 0 Å². The van der Waals surface area contributed by atoms with Gasteiger partial charge in [-0.1, -0.05) is 0 Å². The minimum Gasteiger partial charge on any atom is -0.394 e. The summed E-state index contributed by atoms with van der Waals surface area (Å²) in [5.74, 6) is 0. The number of rotatable bonds is 4. The first-order valence-electron chi connectivity index (χ1n) is 7.08. The lowest BCUT2D eigenvalue weighted by atomic mass is 9.97.